The lowest BCUT2D eigenvalue weighted by atomic mass is 10.4. The molecule has 8 heteroatoms. The van der Waals surface area contributed by atoms with Crippen LogP contribution in [0.3, 0.4) is 0 Å². The number of rotatable bonds is 1. The Morgan fingerprint density at radius 2 is 1.45 bits per heavy atom. The van der Waals surface area contributed by atoms with Crippen LogP contribution >= 0.6 is 0 Å². The van der Waals surface area contributed by atoms with Crippen molar-refractivity contribution in [2.24, 2.45) is 5.14 Å². The lowest BCUT2D eigenvalue weighted by Crippen LogP contribution is -2.17. The number of hydrogen-bond donors (Lipinski definition) is 2. The molecule has 0 aromatic heterocycles. The number of nitrogens with two attached hydrogens (primary N) is 1. The average Bonchev–Trinajstić information content (AvgIpc) is 3.40. The van der Waals surface area contributed by atoms with E-state index in [9.17, 15) is 17.6 Å². The first-order valence-electron chi connectivity index (χ1n) is 9.54. The van der Waals surface area contributed by atoms with Gasteiger partial charge in [0.25, 0.3) is 0 Å². The molecule has 0 aliphatic carbocycles. The summed E-state index contributed by atoms with van der Waals surface area (Å²) in [5.41, 5.74) is 0. The summed E-state index contributed by atoms with van der Waals surface area (Å²) < 4.78 is 33.1. The van der Waals surface area contributed by atoms with Crippen LogP contribution in [0.2, 0.25) is 0 Å². The summed E-state index contributed by atoms with van der Waals surface area (Å²) in [5.74, 6) is 0.113. The highest BCUT2D eigenvalue weighted by atomic mass is 32.2. The van der Waals surface area contributed by atoms with Crippen LogP contribution < -0.4 is 10.5 Å². The van der Waals surface area contributed by atoms with Crippen molar-refractivity contribution < 1.29 is 17.6 Å². The topological polar surface area (TPSA) is 92.5 Å². The van der Waals surface area contributed by atoms with Crippen LogP contribution in [0.4, 0.5) is 4.39 Å². The molecule has 2 heterocycles. The molecule has 2 fully saturated rings. The lowest BCUT2D eigenvalue weighted by molar-refractivity contribution is -0.126. The normalized spacial score (nSPS) is 15.3. The van der Waals surface area contributed by atoms with E-state index in [0.717, 1.165) is 19.4 Å². The Labute approximate surface area is 173 Å². The Morgan fingerprint density at radius 3 is 1.66 bits per heavy atom. The number of sulfonamides is 1. The molecule has 2 saturated heterocycles. The maximum absolute atomic E-state index is 11.9. The SMILES string of the molecule is C1CCNC1.CN1CCCC1=O.Fc1ccccc1.NS(=O)(=O)c1ccccc1. The van der Waals surface area contributed by atoms with Gasteiger partial charge in [0.05, 0.1) is 4.90 Å². The molecular formula is C21H30FN3O3S. The highest BCUT2D eigenvalue weighted by Crippen LogP contribution is 2.05. The van der Waals surface area contributed by atoms with Crippen LogP contribution in [-0.4, -0.2) is 45.9 Å². The van der Waals surface area contributed by atoms with Gasteiger partial charge in [0.2, 0.25) is 15.9 Å². The Morgan fingerprint density at radius 1 is 0.931 bits per heavy atom. The monoisotopic (exact) mass is 423 g/mol. The van der Waals surface area contributed by atoms with E-state index in [2.05, 4.69) is 5.32 Å². The molecule has 160 valence electrons. The molecule has 4 rings (SSSR count). The zero-order valence-corrected chi connectivity index (χ0v) is 17.6. The Balaban J connectivity index is 0.000000199. The molecule has 0 unspecified atom stereocenters. The quantitative estimate of drug-likeness (QED) is 0.738. The second-order valence-electron chi connectivity index (χ2n) is 6.53. The first-order chi connectivity index (χ1) is 13.8. The van der Waals surface area contributed by atoms with Gasteiger partial charge >= 0.3 is 0 Å². The molecule has 0 spiro atoms. The molecule has 2 aromatic carbocycles. The molecular weight excluding hydrogens is 393 g/mol. The number of hydrogen-bond acceptors (Lipinski definition) is 4. The first-order valence-corrected chi connectivity index (χ1v) is 11.1. The highest BCUT2D eigenvalue weighted by Gasteiger charge is 2.14. The standard InChI is InChI=1S/C6H5F.C6H7NO2S.C5H9NO.C4H9N/c7-6-4-2-1-3-5-6;7-10(8,9)6-4-2-1-3-5-6;1-6-4-2-3-5(6)7;1-2-4-5-3-1/h1-5H;1-5H,(H2,7,8,9);2-4H2,1H3;5H,1-4H2. The van der Waals surface area contributed by atoms with Crippen LogP contribution in [0.25, 0.3) is 0 Å². The fraction of sp³-hybridized carbons (Fsp3) is 0.381. The summed E-state index contributed by atoms with van der Waals surface area (Å²) in [6.45, 7) is 3.46. The molecule has 29 heavy (non-hydrogen) atoms. The molecule has 3 N–H and O–H groups in total. The van der Waals surface area contributed by atoms with Crippen molar-refractivity contribution in [3.63, 3.8) is 0 Å². The number of nitrogens with one attached hydrogen (secondary N) is 1. The van der Waals surface area contributed by atoms with E-state index in [0.29, 0.717) is 5.91 Å². The Kier molecular flexibility index (Phi) is 11.8. The number of likely N-dealkylation sites (tertiary alicyclic amines) is 1. The first kappa shape index (κ1) is 24.7. The zero-order chi connectivity index (χ0) is 21.5. The molecule has 2 aliphatic heterocycles. The smallest absolute Gasteiger partial charge is 0.238 e. The number of carbonyl (C=O) groups is 1. The van der Waals surface area contributed by atoms with Gasteiger partial charge < -0.3 is 10.2 Å². The van der Waals surface area contributed by atoms with Gasteiger partial charge in [0.1, 0.15) is 5.82 Å². The van der Waals surface area contributed by atoms with Crippen molar-refractivity contribution in [3.05, 3.63) is 66.5 Å². The van der Waals surface area contributed by atoms with E-state index in [1.54, 1.807) is 41.3 Å². The largest absolute Gasteiger partial charge is 0.346 e. The van der Waals surface area contributed by atoms with Gasteiger partial charge in [-0.25, -0.2) is 17.9 Å². The average molecular weight is 424 g/mol. The number of primary sulfonamides is 1. The number of amides is 1. The van der Waals surface area contributed by atoms with Gasteiger partial charge in [-0.2, -0.15) is 0 Å². The van der Waals surface area contributed by atoms with Gasteiger partial charge in [0.15, 0.2) is 0 Å². The number of nitrogens with zero attached hydrogens (tertiary/aromatic N) is 1. The predicted octanol–water partition coefficient (Wildman–Crippen LogP) is 2.77. The molecule has 2 aromatic rings. The van der Waals surface area contributed by atoms with Gasteiger partial charge in [0, 0.05) is 20.0 Å². The van der Waals surface area contributed by atoms with Gasteiger partial charge in [-0.1, -0.05) is 36.4 Å². The Hall–Kier alpha value is -2.29. The molecule has 0 atom stereocenters. The van der Waals surface area contributed by atoms with Crippen molar-refractivity contribution in [2.75, 3.05) is 26.7 Å². The third-order valence-electron chi connectivity index (χ3n) is 4.07. The van der Waals surface area contributed by atoms with Crippen molar-refractivity contribution in [2.45, 2.75) is 30.6 Å². The summed E-state index contributed by atoms with van der Waals surface area (Å²) in [6.07, 6.45) is 4.59. The predicted molar refractivity (Wildman–Crippen MR) is 113 cm³/mol. The van der Waals surface area contributed by atoms with Gasteiger partial charge in [-0.3, -0.25) is 4.79 Å². The highest BCUT2D eigenvalue weighted by molar-refractivity contribution is 7.89. The van der Waals surface area contributed by atoms with Crippen LogP contribution in [-0.2, 0) is 14.8 Å². The van der Waals surface area contributed by atoms with Gasteiger partial charge in [-0.05, 0) is 56.6 Å². The Bertz CT molecular complexity index is 791. The maximum Gasteiger partial charge on any atom is 0.238 e. The van der Waals surface area contributed by atoms with Crippen molar-refractivity contribution >= 4 is 15.9 Å². The molecule has 1 amide bonds. The third kappa shape index (κ3) is 12.0. The van der Waals surface area contributed by atoms with Crippen LogP contribution in [0.15, 0.2) is 65.6 Å². The van der Waals surface area contributed by atoms with Crippen molar-refractivity contribution in [3.8, 4) is 0 Å². The van der Waals surface area contributed by atoms with Crippen molar-refractivity contribution in [1.29, 1.82) is 0 Å². The maximum atomic E-state index is 11.9. The lowest BCUT2D eigenvalue weighted by Gasteiger charge is -2.03. The second-order valence-corrected chi connectivity index (χ2v) is 8.09. The minimum atomic E-state index is -3.50. The number of carbonyl (C=O) groups excluding carboxylic acids is 1. The summed E-state index contributed by atoms with van der Waals surface area (Å²) in [4.78, 5) is 12.4. The zero-order valence-electron chi connectivity index (χ0n) is 16.8. The summed E-state index contributed by atoms with van der Waals surface area (Å²) in [5, 5.41) is 8.05. The third-order valence-corrected chi connectivity index (χ3v) is 5.00. The molecule has 2 aliphatic rings. The van der Waals surface area contributed by atoms with E-state index in [4.69, 9.17) is 5.14 Å². The minimum absolute atomic E-state index is 0.148. The van der Waals surface area contributed by atoms with Crippen molar-refractivity contribution in [1.82, 2.24) is 10.2 Å². The van der Waals surface area contributed by atoms with E-state index < -0.39 is 10.0 Å². The van der Waals surface area contributed by atoms with Crippen LogP contribution in [0, 0.1) is 5.82 Å². The van der Waals surface area contributed by atoms with E-state index in [1.165, 1.54) is 50.2 Å². The van der Waals surface area contributed by atoms with Gasteiger partial charge in [-0.15, -0.1) is 0 Å². The number of benzene rings is 2. The minimum Gasteiger partial charge on any atom is -0.346 e. The molecule has 6 nitrogen and oxygen atoms in total. The second kappa shape index (κ2) is 13.8. The summed E-state index contributed by atoms with van der Waals surface area (Å²) in [7, 11) is -1.66. The summed E-state index contributed by atoms with van der Waals surface area (Å²) >= 11 is 0. The fourth-order valence-corrected chi connectivity index (χ4v) is 2.97. The molecule has 0 radical (unpaired) electrons. The van der Waals surface area contributed by atoms with E-state index in [-0.39, 0.29) is 10.7 Å². The summed E-state index contributed by atoms with van der Waals surface area (Å²) in [6, 6.07) is 15.8. The number of halogens is 1. The molecule has 0 bridgehead atoms. The fourth-order valence-electron chi connectivity index (χ4n) is 2.43. The van der Waals surface area contributed by atoms with E-state index in [1.807, 2.05) is 7.05 Å². The van der Waals surface area contributed by atoms with Crippen LogP contribution in [0.1, 0.15) is 25.7 Å². The molecule has 0 saturated carbocycles. The van der Waals surface area contributed by atoms with E-state index >= 15 is 0 Å². The van der Waals surface area contributed by atoms with Crippen LogP contribution in [0.5, 0.6) is 0 Å².